The summed E-state index contributed by atoms with van der Waals surface area (Å²) >= 11 is 0. The standard InChI is InChI=1S/C15H22N2O3/c1-15(2,3)20-14(18)16-8-4-12(5-9-16)13-6-10-17(19)11-7-13/h6-7,10-12H,4-5,8-9H2,1-3H3. The zero-order valence-corrected chi connectivity index (χ0v) is 12.3. The number of carbonyl (C=O) groups is 1. The van der Waals surface area contributed by atoms with Crippen LogP contribution in [-0.4, -0.2) is 29.7 Å². The van der Waals surface area contributed by atoms with E-state index in [0.29, 0.717) is 19.0 Å². The normalized spacial score (nSPS) is 17.1. The Morgan fingerprint density at radius 2 is 1.85 bits per heavy atom. The second-order valence-electron chi connectivity index (χ2n) is 6.23. The smallest absolute Gasteiger partial charge is 0.410 e. The van der Waals surface area contributed by atoms with Crippen LogP contribution in [0.15, 0.2) is 24.5 Å². The minimum Gasteiger partial charge on any atom is -0.619 e. The fraction of sp³-hybridized carbons (Fsp3) is 0.600. The van der Waals surface area contributed by atoms with Gasteiger partial charge in [-0.2, -0.15) is 4.73 Å². The van der Waals surface area contributed by atoms with Gasteiger partial charge in [0.1, 0.15) is 5.60 Å². The third-order valence-electron chi connectivity index (χ3n) is 3.45. The van der Waals surface area contributed by atoms with Gasteiger partial charge >= 0.3 is 6.09 Å². The highest BCUT2D eigenvalue weighted by Crippen LogP contribution is 2.28. The van der Waals surface area contributed by atoms with E-state index in [0.717, 1.165) is 17.6 Å². The number of likely N-dealkylation sites (tertiary alicyclic amines) is 1. The number of hydrogen-bond acceptors (Lipinski definition) is 3. The van der Waals surface area contributed by atoms with Gasteiger partial charge in [-0.05, 0) is 45.1 Å². The van der Waals surface area contributed by atoms with E-state index in [1.807, 2.05) is 32.9 Å². The predicted molar refractivity (Wildman–Crippen MR) is 75.2 cm³/mol. The largest absolute Gasteiger partial charge is 0.619 e. The topological polar surface area (TPSA) is 56.5 Å². The highest BCUT2D eigenvalue weighted by molar-refractivity contribution is 5.68. The maximum Gasteiger partial charge on any atom is 0.410 e. The van der Waals surface area contributed by atoms with Crippen molar-refractivity contribution in [2.24, 2.45) is 0 Å². The quantitative estimate of drug-likeness (QED) is 0.585. The van der Waals surface area contributed by atoms with Crippen molar-refractivity contribution in [1.82, 2.24) is 4.90 Å². The van der Waals surface area contributed by atoms with Crippen LogP contribution in [0.2, 0.25) is 0 Å². The molecule has 0 spiro atoms. The van der Waals surface area contributed by atoms with Gasteiger partial charge in [0.25, 0.3) is 0 Å². The molecule has 5 nitrogen and oxygen atoms in total. The first-order valence-corrected chi connectivity index (χ1v) is 7.02. The Labute approximate surface area is 119 Å². The summed E-state index contributed by atoms with van der Waals surface area (Å²) < 4.78 is 6.17. The Bertz CT molecular complexity index is 457. The molecular formula is C15H22N2O3. The number of piperidine rings is 1. The van der Waals surface area contributed by atoms with Crippen molar-refractivity contribution in [1.29, 1.82) is 0 Å². The van der Waals surface area contributed by atoms with Gasteiger partial charge in [0.05, 0.1) is 0 Å². The zero-order valence-electron chi connectivity index (χ0n) is 12.3. The van der Waals surface area contributed by atoms with E-state index in [1.165, 1.54) is 18.0 Å². The van der Waals surface area contributed by atoms with Crippen LogP contribution in [0.25, 0.3) is 0 Å². The summed E-state index contributed by atoms with van der Waals surface area (Å²) in [5, 5.41) is 11.0. The van der Waals surface area contributed by atoms with Gasteiger partial charge in [0, 0.05) is 25.2 Å². The fourth-order valence-corrected chi connectivity index (χ4v) is 2.42. The van der Waals surface area contributed by atoms with Gasteiger partial charge in [-0.3, -0.25) is 0 Å². The van der Waals surface area contributed by atoms with Crippen molar-refractivity contribution in [3.05, 3.63) is 35.3 Å². The van der Waals surface area contributed by atoms with Gasteiger partial charge in [0.2, 0.25) is 0 Å². The zero-order chi connectivity index (χ0) is 14.8. The molecule has 1 aromatic rings. The molecule has 110 valence electrons. The molecule has 0 atom stereocenters. The summed E-state index contributed by atoms with van der Waals surface area (Å²) in [6, 6.07) is 3.72. The molecule has 0 unspecified atom stereocenters. The molecule has 2 rings (SSSR count). The van der Waals surface area contributed by atoms with E-state index in [4.69, 9.17) is 4.74 Å². The molecule has 5 heteroatoms. The lowest BCUT2D eigenvalue weighted by Crippen LogP contribution is -2.41. The van der Waals surface area contributed by atoms with Crippen LogP contribution in [-0.2, 0) is 4.74 Å². The van der Waals surface area contributed by atoms with Crippen LogP contribution in [0.5, 0.6) is 0 Å². The van der Waals surface area contributed by atoms with Crippen molar-refractivity contribution < 1.29 is 14.3 Å². The number of amides is 1. The number of aromatic nitrogens is 1. The fourth-order valence-electron chi connectivity index (χ4n) is 2.42. The van der Waals surface area contributed by atoms with Crippen molar-refractivity contribution in [3.8, 4) is 0 Å². The third kappa shape index (κ3) is 3.85. The number of nitrogens with zero attached hydrogens (tertiary/aromatic N) is 2. The molecule has 0 radical (unpaired) electrons. The highest BCUT2D eigenvalue weighted by Gasteiger charge is 2.27. The molecule has 2 heterocycles. The lowest BCUT2D eigenvalue weighted by atomic mass is 9.90. The Balaban J connectivity index is 1.89. The minimum absolute atomic E-state index is 0.235. The molecule has 0 aromatic carbocycles. The van der Waals surface area contributed by atoms with Gasteiger partial charge in [0.15, 0.2) is 12.4 Å². The first-order chi connectivity index (χ1) is 9.35. The van der Waals surface area contributed by atoms with Gasteiger partial charge in [-0.1, -0.05) is 0 Å². The van der Waals surface area contributed by atoms with Gasteiger partial charge < -0.3 is 14.8 Å². The lowest BCUT2D eigenvalue weighted by molar-refractivity contribution is -0.605. The summed E-state index contributed by atoms with van der Waals surface area (Å²) in [6.07, 6.45) is 4.62. The molecular weight excluding hydrogens is 256 g/mol. The molecule has 1 saturated heterocycles. The number of carbonyl (C=O) groups excluding carboxylic acids is 1. The molecule has 1 amide bonds. The molecule has 0 bridgehead atoms. The van der Waals surface area contributed by atoms with Crippen LogP contribution < -0.4 is 4.73 Å². The van der Waals surface area contributed by atoms with E-state index in [2.05, 4.69) is 0 Å². The summed E-state index contributed by atoms with van der Waals surface area (Å²) in [5.41, 5.74) is 0.718. The Kier molecular flexibility index (Phi) is 4.16. The second kappa shape index (κ2) is 5.69. The maximum atomic E-state index is 12.0. The van der Waals surface area contributed by atoms with Crippen LogP contribution >= 0.6 is 0 Å². The first-order valence-electron chi connectivity index (χ1n) is 7.02. The first kappa shape index (κ1) is 14.6. The summed E-state index contributed by atoms with van der Waals surface area (Å²) in [5.74, 6) is 0.412. The Hall–Kier alpha value is -1.78. The SMILES string of the molecule is CC(C)(C)OC(=O)N1CCC(c2cc[n+]([O-])cc2)CC1. The van der Waals surface area contributed by atoms with E-state index >= 15 is 0 Å². The molecule has 0 saturated carbocycles. The van der Waals surface area contributed by atoms with E-state index in [-0.39, 0.29) is 6.09 Å². The van der Waals surface area contributed by atoms with Crippen molar-refractivity contribution in [2.75, 3.05) is 13.1 Å². The number of pyridine rings is 1. The van der Waals surface area contributed by atoms with E-state index in [1.54, 1.807) is 4.90 Å². The summed E-state index contributed by atoms with van der Waals surface area (Å²) in [6.45, 7) is 7.02. The molecule has 0 N–H and O–H groups in total. The van der Waals surface area contributed by atoms with Crippen LogP contribution in [0.4, 0.5) is 4.79 Å². The Morgan fingerprint density at radius 3 is 2.35 bits per heavy atom. The van der Waals surface area contributed by atoms with Crippen LogP contribution in [0.3, 0.4) is 0 Å². The maximum absolute atomic E-state index is 12.0. The molecule has 1 aromatic heterocycles. The van der Waals surface area contributed by atoms with Crippen LogP contribution in [0.1, 0.15) is 45.1 Å². The van der Waals surface area contributed by atoms with Crippen LogP contribution in [0, 0.1) is 5.21 Å². The van der Waals surface area contributed by atoms with E-state index in [9.17, 15) is 10.0 Å². The summed E-state index contributed by atoms with van der Waals surface area (Å²) in [4.78, 5) is 13.7. The third-order valence-corrected chi connectivity index (χ3v) is 3.45. The number of hydrogen-bond donors (Lipinski definition) is 0. The Morgan fingerprint density at radius 1 is 1.30 bits per heavy atom. The highest BCUT2D eigenvalue weighted by atomic mass is 16.6. The molecule has 1 fully saturated rings. The predicted octanol–water partition coefficient (Wildman–Crippen LogP) is 2.43. The second-order valence-corrected chi connectivity index (χ2v) is 6.23. The van der Waals surface area contributed by atoms with Crippen molar-refractivity contribution in [2.45, 2.75) is 45.1 Å². The van der Waals surface area contributed by atoms with Gasteiger partial charge in [-0.15, -0.1) is 0 Å². The van der Waals surface area contributed by atoms with Crippen molar-refractivity contribution >= 4 is 6.09 Å². The summed E-state index contributed by atoms with van der Waals surface area (Å²) in [7, 11) is 0. The average molecular weight is 278 g/mol. The molecule has 20 heavy (non-hydrogen) atoms. The number of ether oxygens (including phenoxy) is 1. The molecule has 0 aliphatic carbocycles. The number of rotatable bonds is 1. The lowest BCUT2D eigenvalue weighted by Gasteiger charge is -2.33. The monoisotopic (exact) mass is 278 g/mol. The minimum atomic E-state index is -0.449. The molecule has 1 aliphatic heterocycles. The van der Waals surface area contributed by atoms with Gasteiger partial charge in [-0.25, -0.2) is 4.79 Å². The van der Waals surface area contributed by atoms with Crippen molar-refractivity contribution in [3.63, 3.8) is 0 Å². The average Bonchev–Trinajstić information content (AvgIpc) is 2.38. The molecule has 1 aliphatic rings. The van der Waals surface area contributed by atoms with E-state index < -0.39 is 5.60 Å².